The van der Waals surface area contributed by atoms with Crippen LogP contribution in [0.1, 0.15) is 89.8 Å². The van der Waals surface area contributed by atoms with Gasteiger partial charge < -0.3 is 0 Å². The number of hydrogen-bond donors (Lipinski definition) is 0. The number of alkyl halides is 3. The number of halogens is 3. The summed E-state index contributed by atoms with van der Waals surface area (Å²) in [6, 6.07) is 16.4. The van der Waals surface area contributed by atoms with Gasteiger partial charge in [-0.05, 0) is 48.8 Å². The van der Waals surface area contributed by atoms with Crippen LogP contribution < -0.4 is 0 Å². The summed E-state index contributed by atoms with van der Waals surface area (Å²) in [5, 5.41) is 0. The van der Waals surface area contributed by atoms with Gasteiger partial charge in [0.05, 0.1) is 5.56 Å². The van der Waals surface area contributed by atoms with Crippen LogP contribution in [-0.2, 0) is 12.6 Å². The van der Waals surface area contributed by atoms with E-state index in [4.69, 9.17) is 0 Å². The molecular formula is C27H41F3. The molecule has 30 heavy (non-hydrogen) atoms. The van der Waals surface area contributed by atoms with Crippen LogP contribution in [0.15, 0.2) is 54.6 Å². The van der Waals surface area contributed by atoms with E-state index in [-0.39, 0.29) is 5.56 Å². The van der Waals surface area contributed by atoms with Crippen LogP contribution in [0.5, 0.6) is 0 Å². The van der Waals surface area contributed by atoms with Gasteiger partial charge in [0.1, 0.15) is 0 Å². The van der Waals surface area contributed by atoms with Gasteiger partial charge in [0.25, 0.3) is 0 Å². The zero-order chi connectivity index (χ0) is 23.0. The molecule has 0 heterocycles. The molecule has 0 amide bonds. The Morgan fingerprint density at radius 1 is 0.667 bits per heavy atom. The van der Waals surface area contributed by atoms with E-state index in [9.17, 15) is 13.2 Å². The van der Waals surface area contributed by atoms with E-state index < -0.39 is 11.7 Å². The fourth-order valence-electron chi connectivity index (χ4n) is 3.49. The summed E-state index contributed by atoms with van der Waals surface area (Å²) >= 11 is 0. The highest BCUT2D eigenvalue weighted by Gasteiger charge is 2.31. The third-order valence-corrected chi connectivity index (χ3v) is 5.13. The first-order valence-electron chi connectivity index (χ1n) is 11.3. The monoisotopic (exact) mass is 422 g/mol. The minimum Gasteiger partial charge on any atom is -0.166 e. The number of benzene rings is 2. The molecule has 0 nitrogen and oxygen atoms in total. The minimum absolute atomic E-state index is 0.264. The maximum atomic E-state index is 12.0. The van der Waals surface area contributed by atoms with Crippen molar-refractivity contribution >= 4 is 0 Å². The van der Waals surface area contributed by atoms with Crippen LogP contribution in [-0.4, -0.2) is 0 Å². The molecule has 2 aromatic rings. The topological polar surface area (TPSA) is 0 Å². The third kappa shape index (κ3) is 12.0. The van der Waals surface area contributed by atoms with Gasteiger partial charge in [-0.2, -0.15) is 13.2 Å². The first kappa shape index (κ1) is 28.2. The molecule has 170 valence electrons. The van der Waals surface area contributed by atoms with Crippen LogP contribution in [0, 0.1) is 12.3 Å². The first-order valence-corrected chi connectivity index (χ1v) is 11.3. The Morgan fingerprint density at radius 3 is 1.50 bits per heavy atom. The maximum absolute atomic E-state index is 12.0. The van der Waals surface area contributed by atoms with E-state index >= 15 is 0 Å². The fraction of sp³-hybridized carbons (Fsp3) is 0.556. The molecule has 0 radical (unpaired) electrons. The zero-order valence-corrected chi connectivity index (χ0v) is 19.8. The molecule has 0 saturated carbocycles. The highest BCUT2D eigenvalue weighted by atomic mass is 19.4. The van der Waals surface area contributed by atoms with E-state index in [1.165, 1.54) is 69.6 Å². The average Bonchev–Trinajstić information content (AvgIpc) is 2.69. The molecule has 0 saturated heterocycles. The zero-order valence-electron chi connectivity index (χ0n) is 19.8. The summed E-state index contributed by atoms with van der Waals surface area (Å²) in [7, 11) is 0. The lowest BCUT2D eigenvalue weighted by molar-refractivity contribution is -0.138. The van der Waals surface area contributed by atoms with E-state index in [1.54, 1.807) is 6.07 Å². The van der Waals surface area contributed by atoms with Crippen molar-refractivity contribution in [2.45, 2.75) is 92.7 Å². The normalized spacial score (nSPS) is 11.1. The van der Waals surface area contributed by atoms with Crippen LogP contribution in [0.3, 0.4) is 0 Å². The molecule has 0 aliphatic heterocycles. The summed E-state index contributed by atoms with van der Waals surface area (Å²) in [5.74, 6) is 0. The second-order valence-electron chi connectivity index (χ2n) is 8.29. The fourth-order valence-corrected chi connectivity index (χ4v) is 3.49. The van der Waals surface area contributed by atoms with Crippen LogP contribution >= 0.6 is 0 Å². The second-order valence-corrected chi connectivity index (χ2v) is 8.29. The van der Waals surface area contributed by atoms with Gasteiger partial charge in [-0.3, -0.25) is 0 Å². The molecule has 0 atom stereocenters. The predicted molar refractivity (Wildman–Crippen MR) is 125 cm³/mol. The lowest BCUT2D eigenvalue weighted by Gasteiger charge is -2.29. The van der Waals surface area contributed by atoms with Crippen molar-refractivity contribution in [1.29, 1.82) is 0 Å². The Labute approximate surface area is 182 Å². The molecule has 2 aromatic carbocycles. The lowest BCUT2D eigenvalue weighted by Crippen LogP contribution is -2.19. The van der Waals surface area contributed by atoms with Gasteiger partial charge in [0.2, 0.25) is 0 Å². The van der Waals surface area contributed by atoms with Crippen LogP contribution in [0.2, 0.25) is 0 Å². The summed E-state index contributed by atoms with van der Waals surface area (Å²) in [4.78, 5) is 0. The van der Waals surface area contributed by atoms with E-state index in [0.717, 1.165) is 6.07 Å². The highest BCUT2D eigenvalue weighted by molar-refractivity contribution is 5.27. The number of rotatable bonds is 7. The Morgan fingerprint density at radius 2 is 1.13 bits per heavy atom. The second kappa shape index (κ2) is 15.1. The molecule has 0 aromatic heterocycles. The van der Waals surface area contributed by atoms with Crippen molar-refractivity contribution in [1.82, 2.24) is 0 Å². The predicted octanol–water partition coefficient (Wildman–Crippen LogP) is 9.66. The molecule has 3 heteroatoms. The third-order valence-electron chi connectivity index (χ3n) is 5.13. The van der Waals surface area contributed by atoms with Crippen LogP contribution in [0.4, 0.5) is 13.2 Å². The summed E-state index contributed by atoms with van der Waals surface area (Å²) in [5.41, 5.74) is 1.70. The molecule has 0 fully saturated rings. The highest BCUT2D eigenvalue weighted by Crippen LogP contribution is 2.33. The van der Waals surface area contributed by atoms with Gasteiger partial charge in [-0.1, -0.05) is 109 Å². The number of hydrogen-bond acceptors (Lipinski definition) is 0. The first-order chi connectivity index (χ1) is 14.1. The Kier molecular flexibility index (Phi) is 14.2. The Hall–Kier alpha value is -1.77. The summed E-state index contributed by atoms with van der Waals surface area (Å²) < 4.78 is 36.1. The maximum Gasteiger partial charge on any atom is 0.416 e. The smallest absolute Gasteiger partial charge is 0.166 e. The van der Waals surface area contributed by atoms with Crippen molar-refractivity contribution in [2.24, 2.45) is 5.41 Å². The average molecular weight is 423 g/mol. The largest absolute Gasteiger partial charge is 0.416 e. The van der Waals surface area contributed by atoms with Gasteiger partial charge >= 0.3 is 6.18 Å². The van der Waals surface area contributed by atoms with Crippen LogP contribution in [0.25, 0.3) is 0 Å². The Bertz CT molecular complexity index is 651. The molecule has 0 aliphatic rings. The SMILES string of the molecule is CCCC.CCCC(C)(CCC)Cc1ccccc1.Cc1ccccc1C(F)(F)F. The summed E-state index contributed by atoms with van der Waals surface area (Å²) in [6.45, 7) is 12.8. The molecule has 0 unspecified atom stereocenters. The molecule has 0 spiro atoms. The standard InChI is InChI=1S/C15H24.C8H7F3.C4H10/c1-4-11-15(3,12-5-2)13-14-9-7-6-8-10-14;1-6-4-2-3-5-7(6)8(9,10)11;1-3-4-2/h6-10H,4-5,11-13H2,1-3H3;2-5H,1H3;3-4H2,1-2H3. The van der Waals surface area contributed by atoms with Gasteiger partial charge in [0, 0.05) is 0 Å². The van der Waals surface area contributed by atoms with Gasteiger partial charge in [0.15, 0.2) is 0 Å². The molecule has 0 bridgehead atoms. The van der Waals surface area contributed by atoms with Crippen molar-refractivity contribution in [3.05, 3.63) is 71.3 Å². The molecule has 0 aliphatic carbocycles. The molecule has 2 rings (SSSR count). The van der Waals surface area contributed by atoms with Crippen molar-refractivity contribution in [3.63, 3.8) is 0 Å². The number of aryl methyl sites for hydroxylation is 1. The minimum atomic E-state index is -4.22. The lowest BCUT2D eigenvalue weighted by atomic mass is 9.76. The number of unbranched alkanes of at least 4 members (excludes halogenated alkanes) is 1. The molecule has 0 N–H and O–H groups in total. The Balaban J connectivity index is 0.000000491. The quantitative estimate of drug-likeness (QED) is 0.416. The van der Waals surface area contributed by atoms with Crippen molar-refractivity contribution in [3.8, 4) is 0 Å². The van der Waals surface area contributed by atoms with Gasteiger partial charge in [-0.25, -0.2) is 0 Å². The van der Waals surface area contributed by atoms with E-state index in [0.29, 0.717) is 5.41 Å². The summed E-state index contributed by atoms with van der Waals surface area (Å²) in [6.07, 6.45) is 4.93. The van der Waals surface area contributed by atoms with Crippen molar-refractivity contribution in [2.75, 3.05) is 0 Å². The van der Waals surface area contributed by atoms with E-state index in [2.05, 4.69) is 65.0 Å². The van der Waals surface area contributed by atoms with Gasteiger partial charge in [-0.15, -0.1) is 0 Å². The van der Waals surface area contributed by atoms with E-state index in [1.807, 2.05) is 0 Å². The van der Waals surface area contributed by atoms with Crippen molar-refractivity contribution < 1.29 is 13.2 Å². The molecular weight excluding hydrogens is 381 g/mol.